The summed E-state index contributed by atoms with van der Waals surface area (Å²) in [5, 5.41) is 0. The standard InChI is InChI=1S/C52H100O6/c1-46(2)38-32-26-20-16-12-9-7-8-10-14-19-23-31-37-43-52(55)58-49(45-57-51(54)42-36-30-25-24-28-34-40-48(5)6)44-56-50(53)41-35-29-22-18-15-11-13-17-21-27-33-39-47(3)4/h46-49H,7-45H2,1-6H3/t49-/m0/s1. The van der Waals surface area contributed by atoms with Crippen LogP contribution in [0.3, 0.4) is 0 Å². The lowest BCUT2D eigenvalue weighted by Gasteiger charge is -2.18. The minimum absolute atomic E-state index is 0.0655. The predicted molar refractivity (Wildman–Crippen MR) is 247 cm³/mol. The fourth-order valence-electron chi connectivity index (χ4n) is 7.76. The fraction of sp³-hybridized carbons (Fsp3) is 0.942. The average Bonchev–Trinajstić information content (AvgIpc) is 3.18. The summed E-state index contributed by atoms with van der Waals surface area (Å²) in [6.07, 6.45) is 42.5. The number of carbonyl (C=O) groups is 3. The molecule has 0 spiro atoms. The number of ether oxygens (including phenoxy) is 3. The first-order valence-electron chi connectivity index (χ1n) is 25.6. The maximum Gasteiger partial charge on any atom is 0.306 e. The van der Waals surface area contributed by atoms with E-state index in [1.54, 1.807) is 0 Å². The molecular formula is C52H100O6. The van der Waals surface area contributed by atoms with Gasteiger partial charge in [-0.1, -0.05) is 241 Å². The molecule has 0 aliphatic rings. The molecule has 0 unspecified atom stereocenters. The number of rotatable bonds is 45. The van der Waals surface area contributed by atoms with Gasteiger partial charge in [-0.3, -0.25) is 14.4 Å². The lowest BCUT2D eigenvalue weighted by Crippen LogP contribution is -2.30. The van der Waals surface area contributed by atoms with Crippen LogP contribution in [0.1, 0.15) is 279 Å². The molecule has 0 radical (unpaired) electrons. The predicted octanol–water partition coefficient (Wildman–Crippen LogP) is 16.4. The van der Waals surface area contributed by atoms with Gasteiger partial charge in [-0.15, -0.1) is 0 Å². The van der Waals surface area contributed by atoms with E-state index in [-0.39, 0.29) is 31.1 Å². The Morgan fingerprint density at radius 1 is 0.293 bits per heavy atom. The quantitative estimate of drug-likeness (QED) is 0.0346. The fourth-order valence-corrected chi connectivity index (χ4v) is 7.76. The van der Waals surface area contributed by atoms with E-state index in [1.807, 2.05) is 0 Å². The van der Waals surface area contributed by atoms with Crippen molar-refractivity contribution in [3.63, 3.8) is 0 Å². The maximum atomic E-state index is 12.8. The number of unbranched alkanes of at least 4 members (excludes halogenated alkanes) is 28. The lowest BCUT2D eigenvalue weighted by atomic mass is 10.0. The van der Waals surface area contributed by atoms with E-state index in [0.717, 1.165) is 75.5 Å². The zero-order valence-corrected chi connectivity index (χ0v) is 39.8. The first kappa shape index (κ1) is 56.4. The molecule has 0 fully saturated rings. The van der Waals surface area contributed by atoms with Gasteiger partial charge in [0.1, 0.15) is 13.2 Å². The Balaban J connectivity index is 4.27. The molecule has 0 aliphatic heterocycles. The van der Waals surface area contributed by atoms with Crippen molar-refractivity contribution in [3.8, 4) is 0 Å². The average molecular weight is 821 g/mol. The maximum absolute atomic E-state index is 12.8. The monoisotopic (exact) mass is 821 g/mol. The van der Waals surface area contributed by atoms with E-state index >= 15 is 0 Å². The molecule has 0 bridgehead atoms. The molecule has 0 heterocycles. The summed E-state index contributed by atoms with van der Waals surface area (Å²) in [4.78, 5) is 37.9. The van der Waals surface area contributed by atoms with Gasteiger partial charge in [0.05, 0.1) is 0 Å². The zero-order valence-electron chi connectivity index (χ0n) is 39.8. The second-order valence-corrected chi connectivity index (χ2v) is 19.2. The molecule has 0 saturated carbocycles. The van der Waals surface area contributed by atoms with Crippen molar-refractivity contribution in [2.45, 2.75) is 285 Å². The third-order valence-electron chi connectivity index (χ3n) is 11.6. The topological polar surface area (TPSA) is 78.9 Å². The number of hydrogen-bond acceptors (Lipinski definition) is 6. The summed E-state index contributed by atoms with van der Waals surface area (Å²) in [6.45, 7) is 13.7. The highest BCUT2D eigenvalue weighted by atomic mass is 16.6. The molecule has 1 atom stereocenters. The molecule has 0 aromatic rings. The van der Waals surface area contributed by atoms with Gasteiger partial charge in [0.15, 0.2) is 6.10 Å². The van der Waals surface area contributed by atoms with Gasteiger partial charge in [0.2, 0.25) is 0 Å². The summed E-state index contributed by atoms with van der Waals surface area (Å²) in [5.74, 6) is 1.58. The minimum Gasteiger partial charge on any atom is -0.462 e. The number of hydrogen-bond donors (Lipinski definition) is 0. The molecule has 0 saturated heterocycles. The van der Waals surface area contributed by atoms with Crippen LogP contribution in [0.2, 0.25) is 0 Å². The van der Waals surface area contributed by atoms with Crippen molar-refractivity contribution >= 4 is 17.9 Å². The highest BCUT2D eigenvalue weighted by Gasteiger charge is 2.19. The Labute approximate surface area is 361 Å². The van der Waals surface area contributed by atoms with E-state index < -0.39 is 6.10 Å². The number of carbonyl (C=O) groups excluding carboxylic acids is 3. The molecule has 344 valence electrons. The normalized spacial score (nSPS) is 12.2. The van der Waals surface area contributed by atoms with E-state index in [4.69, 9.17) is 14.2 Å². The van der Waals surface area contributed by atoms with Crippen molar-refractivity contribution in [3.05, 3.63) is 0 Å². The van der Waals surface area contributed by atoms with E-state index in [0.29, 0.717) is 19.3 Å². The first-order chi connectivity index (χ1) is 28.1. The van der Waals surface area contributed by atoms with Gasteiger partial charge in [0, 0.05) is 19.3 Å². The molecule has 0 aliphatic carbocycles. The van der Waals surface area contributed by atoms with E-state index in [2.05, 4.69) is 41.5 Å². The molecule has 0 N–H and O–H groups in total. The van der Waals surface area contributed by atoms with Crippen LogP contribution in [0, 0.1) is 17.8 Å². The van der Waals surface area contributed by atoms with Gasteiger partial charge < -0.3 is 14.2 Å². The highest BCUT2D eigenvalue weighted by Crippen LogP contribution is 2.17. The van der Waals surface area contributed by atoms with Crippen molar-refractivity contribution in [1.82, 2.24) is 0 Å². The van der Waals surface area contributed by atoms with Gasteiger partial charge in [-0.2, -0.15) is 0 Å². The van der Waals surface area contributed by atoms with E-state index in [1.165, 1.54) is 161 Å². The molecule has 6 heteroatoms. The van der Waals surface area contributed by atoms with Crippen molar-refractivity contribution in [2.24, 2.45) is 17.8 Å². The van der Waals surface area contributed by atoms with Crippen LogP contribution < -0.4 is 0 Å². The molecule has 0 aromatic carbocycles. The first-order valence-corrected chi connectivity index (χ1v) is 25.6. The summed E-state index contributed by atoms with van der Waals surface area (Å²) in [7, 11) is 0. The van der Waals surface area contributed by atoms with Crippen LogP contribution in [-0.4, -0.2) is 37.2 Å². The van der Waals surface area contributed by atoms with Crippen LogP contribution in [0.4, 0.5) is 0 Å². The zero-order chi connectivity index (χ0) is 42.7. The Hall–Kier alpha value is -1.59. The summed E-state index contributed by atoms with van der Waals surface area (Å²) in [6, 6.07) is 0. The number of esters is 3. The SMILES string of the molecule is CC(C)CCCCCCCCCCCCCCCCC(=O)O[C@@H](COC(=O)CCCCCCCCCCCCCC(C)C)COC(=O)CCCCCCCCC(C)C. The molecule has 0 amide bonds. The Morgan fingerprint density at radius 2 is 0.500 bits per heavy atom. The summed E-state index contributed by atoms with van der Waals surface area (Å²) in [5.41, 5.74) is 0. The molecule has 58 heavy (non-hydrogen) atoms. The summed E-state index contributed by atoms with van der Waals surface area (Å²) < 4.78 is 16.8. The van der Waals surface area contributed by atoms with E-state index in [9.17, 15) is 14.4 Å². The van der Waals surface area contributed by atoms with Crippen LogP contribution in [-0.2, 0) is 28.6 Å². The Kier molecular flexibility index (Phi) is 42.3. The Morgan fingerprint density at radius 3 is 0.741 bits per heavy atom. The second-order valence-electron chi connectivity index (χ2n) is 19.2. The second kappa shape index (κ2) is 43.5. The van der Waals surface area contributed by atoms with Crippen LogP contribution in [0.15, 0.2) is 0 Å². The third kappa shape index (κ3) is 45.5. The highest BCUT2D eigenvalue weighted by molar-refractivity contribution is 5.71. The van der Waals surface area contributed by atoms with Crippen molar-refractivity contribution in [1.29, 1.82) is 0 Å². The Bertz CT molecular complexity index is 898. The lowest BCUT2D eigenvalue weighted by molar-refractivity contribution is -0.167. The minimum atomic E-state index is -0.763. The largest absolute Gasteiger partial charge is 0.462 e. The smallest absolute Gasteiger partial charge is 0.306 e. The summed E-state index contributed by atoms with van der Waals surface area (Å²) >= 11 is 0. The van der Waals surface area contributed by atoms with Crippen LogP contribution in [0.25, 0.3) is 0 Å². The molecule has 0 rings (SSSR count). The molecular weight excluding hydrogens is 721 g/mol. The molecule has 6 nitrogen and oxygen atoms in total. The van der Waals surface area contributed by atoms with Gasteiger partial charge >= 0.3 is 17.9 Å². The van der Waals surface area contributed by atoms with Gasteiger partial charge in [-0.05, 0) is 37.0 Å². The van der Waals surface area contributed by atoms with Gasteiger partial charge in [0.25, 0.3) is 0 Å². The molecule has 0 aromatic heterocycles. The van der Waals surface area contributed by atoms with Crippen molar-refractivity contribution in [2.75, 3.05) is 13.2 Å². The van der Waals surface area contributed by atoms with Gasteiger partial charge in [-0.25, -0.2) is 0 Å². The van der Waals surface area contributed by atoms with Crippen LogP contribution in [0.5, 0.6) is 0 Å². The van der Waals surface area contributed by atoms with Crippen LogP contribution >= 0.6 is 0 Å². The van der Waals surface area contributed by atoms with Crippen molar-refractivity contribution < 1.29 is 28.6 Å². The third-order valence-corrected chi connectivity index (χ3v) is 11.6.